The number of carbonyl (C=O) groups is 1. The predicted molar refractivity (Wildman–Crippen MR) is 116 cm³/mol. The van der Waals surface area contributed by atoms with Crippen molar-refractivity contribution in [2.45, 2.75) is 38.5 Å². The third-order valence-corrected chi connectivity index (χ3v) is 5.75. The Labute approximate surface area is 197 Å². The highest BCUT2D eigenvalue weighted by atomic mass is 19.3. The van der Waals surface area contributed by atoms with Crippen LogP contribution in [0.1, 0.15) is 47.3 Å². The van der Waals surface area contributed by atoms with E-state index in [2.05, 4.69) is 0 Å². The molecule has 0 bridgehead atoms. The van der Waals surface area contributed by atoms with Crippen molar-refractivity contribution >= 4 is 5.97 Å². The maximum Gasteiger partial charge on any atom is 0.346 e. The van der Waals surface area contributed by atoms with Gasteiger partial charge in [-0.25, -0.2) is 13.6 Å². The zero-order valence-corrected chi connectivity index (χ0v) is 18.7. The summed E-state index contributed by atoms with van der Waals surface area (Å²) in [6.07, 6.45) is 1.67. The third-order valence-electron chi connectivity index (χ3n) is 5.75. The van der Waals surface area contributed by atoms with Gasteiger partial charge in [-0.3, -0.25) is 0 Å². The predicted octanol–water partition coefficient (Wildman–Crippen LogP) is 7.40. The number of halogens is 6. The maximum atomic E-state index is 15.3. The van der Waals surface area contributed by atoms with Crippen LogP contribution in [0.4, 0.5) is 26.3 Å². The Balaban J connectivity index is 1.80. The number of alkyl halides is 4. The SMILES string of the molecule is CCCc1ccc(OC(=O)c2ccc3c(c2F)C(F)(F)C(F)(F)c2c-3ccc(OCC)c2F)cc1. The van der Waals surface area contributed by atoms with Crippen molar-refractivity contribution < 1.29 is 40.6 Å². The van der Waals surface area contributed by atoms with Gasteiger partial charge in [0.15, 0.2) is 11.6 Å². The average molecular weight is 494 g/mol. The number of esters is 1. The second-order valence-corrected chi connectivity index (χ2v) is 8.02. The van der Waals surface area contributed by atoms with Crippen LogP contribution >= 0.6 is 0 Å². The number of aryl methyl sites for hydroxylation is 1. The van der Waals surface area contributed by atoms with Gasteiger partial charge in [-0.15, -0.1) is 0 Å². The lowest BCUT2D eigenvalue weighted by molar-refractivity contribution is -0.227. The third kappa shape index (κ3) is 3.92. The number of carbonyl (C=O) groups excluding carboxylic acids is 1. The molecule has 0 amide bonds. The summed E-state index contributed by atoms with van der Waals surface area (Å²) in [6, 6.07) is 9.97. The molecule has 0 atom stereocenters. The van der Waals surface area contributed by atoms with E-state index >= 15 is 13.2 Å². The van der Waals surface area contributed by atoms with Gasteiger partial charge < -0.3 is 9.47 Å². The first-order chi connectivity index (χ1) is 16.5. The summed E-state index contributed by atoms with van der Waals surface area (Å²) >= 11 is 0. The van der Waals surface area contributed by atoms with E-state index in [0.717, 1.165) is 42.7 Å². The Kier molecular flexibility index (Phi) is 6.29. The van der Waals surface area contributed by atoms with E-state index in [1.807, 2.05) is 6.92 Å². The summed E-state index contributed by atoms with van der Waals surface area (Å²) in [7, 11) is 0. The standard InChI is InChI=1S/C26H20F6O3/c1-3-5-14-6-8-15(9-7-14)35-24(33)18-11-10-16-17-12-13-19(34-4-2)23(28)21(17)26(31,32)25(29,30)20(16)22(18)27/h6-13H,3-5H2,1-2H3. The monoisotopic (exact) mass is 494 g/mol. The van der Waals surface area contributed by atoms with Crippen molar-refractivity contribution in [1.29, 1.82) is 0 Å². The molecule has 0 radical (unpaired) electrons. The number of ether oxygens (including phenoxy) is 2. The molecule has 0 saturated heterocycles. The molecule has 35 heavy (non-hydrogen) atoms. The second-order valence-electron chi connectivity index (χ2n) is 8.02. The summed E-state index contributed by atoms with van der Waals surface area (Å²) in [5.74, 6) is -15.7. The summed E-state index contributed by atoms with van der Waals surface area (Å²) < 4.78 is 100. The summed E-state index contributed by atoms with van der Waals surface area (Å²) in [6.45, 7) is 3.36. The van der Waals surface area contributed by atoms with Crippen molar-refractivity contribution in [2.24, 2.45) is 0 Å². The van der Waals surface area contributed by atoms with Crippen LogP contribution in [-0.2, 0) is 18.3 Å². The first kappa shape index (κ1) is 24.6. The zero-order chi connectivity index (χ0) is 25.5. The molecule has 0 fully saturated rings. The van der Waals surface area contributed by atoms with Crippen LogP contribution in [0, 0.1) is 11.6 Å². The number of rotatable bonds is 6. The van der Waals surface area contributed by atoms with Gasteiger partial charge in [0.25, 0.3) is 0 Å². The summed E-state index contributed by atoms with van der Waals surface area (Å²) in [4.78, 5) is 12.5. The fraction of sp³-hybridized carbons (Fsp3) is 0.269. The van der Waals surface area contributed by atoms with Gasteiger partial charge in [0.05, 0.1) is 23.3 Å². The van der Waals surface area contributed by atoms with Gasteiger partial charge in [0.2, 0.25) is 0 Å². The number of benzene rings is 3. The zero-order valence-electron chi connectivity index (χ0n) is 18.7. The average Bonchev–Trinajstić information content (AvgIpc) is 2.80. The molecular formula is C26H20F6O3. The Bertz CT molecular complexity index is 1290. The number of hydrogen-bond acceptors (Lipinski definition) is 3. The van der Waals surface area contributed by atoms with Crippen molar-refractivity contribution in [2.75, 3.05) is 6.61 Å². The van der Waals surface area contributed by atoms with E-state index in [1.165, 1.54) is 19.1 Å². The van der Waals surface area contributed by atoms with Crippen molar-refractivity contribution in [3.05, 3.63) is 82.4 Å². The van der Waals surface area contributed by atoms with E-state index in [9.17, 15) is 18.0 Å². The van der Waals surface area contributed by atoms with Crippen molar-refractivity contribution in [3.8, 4) is 22.6 Å². The Morgan fingerprint density at radius 2 is 1.37 bits per heavy atom. The molecule has 0 saturated carbocycles. The van der Waals surface area contributed by atoms with Gasteiger partial charge in [0.1, 0.15) is 11.6 Å². The highest BCUT2D eigenvalue weighted by Gasteiger charge is 2.65. The second kappa shape index (κ2) is 8.94. The minimum absolute atomic E-state index is 0.0277. The van der Waals surface area contributed by atoms with Crippen LogP contribution in [0.5, 0.6) is 11.5 Å². The fourth-order valence-electron chi connectivity index (χ4n) is 4.11. The summed E-state index contributed by atoms with van der Waals surface area (Å²) in [5.41, 5.74) is -4.56. The molecule has 4 rings (SSSR count). The highest BCUT2D eigenvalue weighted by molar-refractivity contribution is 5.93. The van der Waals surface area contributed by atoms with Gasteiger partial charge in [-0.05, 0) is 60.4 Å². The van der Waals surface area contributed by atoms with Crippen molar-refractivity contribution in [1.82, 2.24) is 0 Å². The van der Waals surface area contributed by atoms with Gasteiger partial charge in [-0.2, -0.15) is 17.6 Å². The quantitative estimate of drug-likeness (QED) is 0.204. The molecule has 3 aromatic rings. The van der Waals surface area contributed by atoms with E-state index in [1.54, 1.807) is 12.1 Å². The maximum absolute atomic E-state index is 15.3. The molecule has 3 aromatic carbocycles. The lowest BCUT2D eigenvalue weighted by atomic mass is 9.79. The lowest BCUT2D eigenvalue weighted by Gasteiger charge is -2.35. The van der Waals surface area contributed by atoms with E-state index in [4.69, 9.17) is 9.47 Å². The molecule has 184 valence electrons. The molecule has 0 spiro atoms. The van der Waals surface area contributed by atoms with Crippen LogP contribution in [0.2, 0.25) is 0 Å². The number of hydrogen-bond donors (Lipinski definition) is 0. The molecule has 0 unspecified atom stereocenters. The molecule has 0 aromatic heterocycles. The molecule has 0 aliphatic heterocycles. The van der Waals surface area contributed by atoms with Crippen LogP contribution in [-0.4, -0.2) is 12.6 Å². The summed E-state index contributed by atoms with van der Waals surface area (Å²) in [5, 5.41) is 0. The number of fused-ring (bicyclic) bond motifs is 3. The van der Waals surface area contributed by atoms with Gasteiger partial charge >= 0.3 is 17.8 Å². The Morgan fingerprint density at radius 3 is 1.94 bits per heavy atom. The van der Waals surface area contributed by atoms with E-state index in [0.29, 0.717) is 0 Å². The van der Waals surface area contributed by atoms with E-state index in [-0.39, 0.29) is 12.4 Å². The van der Waals surface area contributed by atoms with Crippen LogP contribution < -0.4 is 9.47 Å². The Morgan fingerprint density at radius 1 is 0.800 bits per heavy atom. The molecule has 0 heterocycles. The van der Waals surface area contributed by atoms with Gasteiger partial charge in [-0.1, -0.05) is 31.5 Å². The smallest absolute Gasteiger partial charge is 0.346 e. The molecule has 0 N–H and O–H groups in total. The minimum Gasteiger partial charge on any atom is -0.491 e. The normalized spacial score (nSPS) is 15.2. The topological polar surface area (TPSA) is 35.5 Å². The molecule has 1 aliphatic rings. The van der Waals surface area contributed by atoms with Crippen LogP contribution in [0.15, 0.2) is 48.5 Å². The largest absolute Gasteiger partial charge is 0.491 e. The molecule has 3 nitrogen and oxygen atoms in total. The molecular weight excluding hydrogens is 474 g/mol. The first-order valence-electron chi connectivity index (χ1n) is 10.9. The lowest BCUT2D eigenvalue weighted by Crippen LogP contribution is -2.41. The Hall–Kier alpha value is -3.49. The van der Waals surface area contributed by atoms with Gasteiger partial charge in [0, 0.05) is 0 Å². The molecule has 9 heteroatoms. The van der Waals surface area contributed by atoms with Crippen LogP contribution in [0.25, 0.3) is 11.1 Å². The fourth-order valence-corrected chi connectivity index (χ4v) is 4.11. The van der Waals surface area contributed by atoms with Crippen molar-refractivity contribution in [3.63, 3.8) is 0 Å². The highest BCUT2D eigenvalue weighted by Crippen LogP contribution is 2.60. The van der Waals surface area contributed by atoms with E-state index < -0.39 is 63.0 Å². The van der Waals surface area contributed by atoms with Crippen LogP contribution in [0.3, 0.4) is 0 Å². The minimum atomic E-state index is -5.16. The first-order valence-corrected chi connectivity index (χ1v) is 10.9. The molecule has 1 aliphatic carbocycles.